The van der Waals surface area contributed by atoms with Gasteiger partial charge in [-0.2, -0.15) is 9.97 Å². The highest BCUT2D eigenvalue weighted by Crippen LogP contribution is 2.28. The van der Waals surface area contributed by atoms with Crippen LogP contribution in [0.25, 0.3) is 11.2 Å². The van der Waals surface area contributed by atoms with E-state index in [1.165, 1.54) is 19.3 Å². The van der Waals surface area contributed by atoms with E-state index in [9.17, 15) is 4.79 Å². The van der Waals surface area contributed by atoms with Gasteiger partial charge in [-0.25, -0.2) is 4.98 Å². The Morgan fingerprint density at radius 1 is 1.08 bits per heavy atom. The smallest absolute Gasteiger partial charge is 0.251 e. The molecule has 37 heavy (non-hydrogen) atoms. The molecule has 2 aromatic carbocycles. The molecule has 4 N–H and O–H groups in total. The Hall–Kier alpha value is -4.14. The summed E-state index contributed by atoms with van der Waals surface area (Å²) in [7, 11) is 0. The van der Waals surface area contributed by atoms with Gasteiger partial charge in [0.2, 0.25) is 5.95 Å². The molecule has 1 fully saturated rings. The van der Waals surface area contributed by atoms with E-state index < -0.39 is 0 Å². The number of hydrogen-bond donors (Lipinski definition) is 4. The summed E-state index contributed by atoms with van der Waals surface area (Å²) in [6, 6.07) is 15.5. The molecule has 0 aliphatic heterocycles. The van der Waals surface area contributed by atoms with E-state index in [1.54, 1.807) is 18.5 Å². The van der Waals surface area contributed by atoms with Gasteiger partial charge in [0.05, 0.1) is 12.9 Å². The van der Waals surface area contributed by atoms with Crippen LogP contribution >= 0.6 is 0 Å². The second-order valence-corrected chi connectivity index (χ2v) is 9.40. The van der Waals surface area contributed by atoms with Crippen LogP contribution in [0.3, 0.4) is 0 Å². The third-order valence-corrected chi connectivity index (χ3v) is 6.59. The monoisotopic (exact) mass is 499 g/mol. The number of aromatic nitrogens is 4. The Labute approximate surface area is 216 Å². The average Bonchev–Trinajstić information content (AvgIpc) is 3.40. The molecule has 1 saturated carbocycles. The minimum atomic E-state index is -0.0702. The van der Waals surface area contributed by atoms with Crippen LogP contribution in [0.5, 0.6) is 5.75 Å². The van der Waals surface area contributed by atoms with Crippen molar-refractivity contribution in [2.45, 2.75) is 51.5 Å². The maximum Gasteiger partial charge on any atom is 0.251 e. The van der Waals surface area contributed by atoms with Gasteiger partial charge >= 0.3 is 0 Å². The molecule has 0 saturated heterocycles. The fourth-order valence-electron chi connectivity index (χ4n) is 4.58. The van der Waals surface area contributed by atoms with Crippen LogP contribution in [0, 0.1) is 6.92 Å². The molecule has 9 heteroatoms. The summed E-state index contributed by atoms with van der Waals surface area (Å²) in [6.45, 7) is 3.08. The van der Waals surface area contributed by atoms with Gasteiger partial charge in [0.1, 0.15) is 11.3 Å². The zero-order chi connectivity index (χ0) is 25.5. The van der Waals surface area contributed by atoms with Crippen molar-refractivity contribution >= 4 is 34.5 Å². The van der Waals surface area contributed by atoms with E-state index in [4.69, 9.17) is 9.72 Å². The summed E-state index contributed by atoms with van der Waals surface area (Å²) >= 11 is 0. The molecule has 1 aliphatic rings. The van der Waals surface area contributed by atoms with E-state index in [1.807, 2.05) is 43.3 Å². The fourth-order valence-corrected chi connectivity index (χ4v) is 4.58. The van der Waals surface area contributed by atoms with Crippen molar-refractivity contribution in [3.8, 4) is 5.75 Å². The zero-order valence-electron chi connectivity index (χ0n) is 21.1. The number of carbonyl (C=O) groups is 1. The van der Waals surface area contributed by atoms with Crippen LogP contribution in [-0.4, -0.2) is 45.0 Å². The molecule has 192 valence electrons. The number of hydrogen-bond acceptors (Lipinski definition) is 7. The largest absolute Gasteiger partial charge is 0.494 e. The summed E-state index contributed by atoms with van der Waals surface area (Å²) in [4.78, 5) is 29.0. The first-order valence-electron chi connectivity index (χ1n) is 13.0. The van der Waals surface area contributed by atoms with Crippen LogP contribution in [0.1, 0.15) is 54.4 Å². The molecular weight excluding hydrogens is 466 g/mol. The second kappa shape index (κ2) is 11.7. The Morgan fingerprint density at radius 3 is 2.73 bits per heavy atom. The van der Waals surface area contributed by atoms with Gasteiger partial charge < -0.3 is 25.7 Å². The SMILES string of the molecule is Cc1cc(OCCCNC(=O)c2ccccc2)ccc1Nc1nc(NC2CCCCC2)c2[nH]cnc2n1. The Balaban J connectivity index is 1.16. The summed E-state index contributed by atoms with van der Waals surface area (Å²) in [6.07, 6.45) is 8.47. The van der Waals surface area contributed by atoms with Crippen molar-refractivity contribution in [1.82, 2.24) is 25.3 Å². The van der Waals surface area contributed by atoms with Gasteiger partial charge in [-0.15, -0.1) is 0 Å². The van der Waals surface area contributed by atoms with Crippen LogP contribution in [0.15, 0.2) is 54.9 Å². The van der Waals surface area contributed by atoms with Crippen molar-refractivity contribution in [2.75, 3.05) is 23.8 Å². The first-order valence-corrected chi connectivity index (χ1v) is 13.0. The normalized spacial score (nSPS) is 13.9. The third kappa shape index (κ3) is 6.35. The van der Waals surface area contributed by atoms with E-state index >= 15 is 0 Å². The molecule has 1 amide bonds. The summed E-state index contributed by atoms with van der Waals surface area (Å²) in [5.74, 6) is 2.00. The Morgan fingerprint density at radius 2 is 1.92 bits per heavy atom. The van der Waals surface area contributed by atoms with Gasteiger partial charge in [0.25, 0.3) is 5.91 Å². The summed E-state index contributed by atoms with van der Waals surface area (Å²) in [5, 5.41) is 9.86. The molecule has 2 aromatic heterocycles. The maximum atomic E-state index is 12.1. The van der Waals surface area contributed by atoms with Crippen LogP contribution in [-0.2, 0) is 0 Å². The molecule has 2 heterocycles. The lowest BCUT2D eigenvalue weighted by Gasteiger charge is -2.23. The summed E-state index contributed by atoms with van der Waals surface area (Å²) in [5.41, 5.74) is 4.04. The van der Waals surface area contributed by atoms with Crippen molar-refractivity contribution in [3.05, 3.63) is 66.0 Å². The molecule has 4 aromatic rings. The number of amides is 1. The van der Waals surface area contributed by atoms with Crippen molar-refractivity contribution in [2.24, 2.45) is 0 Å². The number of nitrogens with zero attached hydrogens (tertiary/aromatic N) is 3. The first-order chi connectivity index (χ1) is 18.2. The highest BCUT2D eigenvalue weighted by Gasteiger charge is 2.17. The molecule has 0 bridgehead atoms. The van der Waals surface area contributed by atoms with Crippen molar-refractivity contribution in [3.63, 3.8) is 0 Å². The number of ether oxygens (including phenoxy) is 1. The fraction of sp³-hybridized carbons (Fsp3) is 0.357. The molecule has 5 rings (SSSR count). The number of benzene rings is 2. The lowest BCUT2D eigenvalue weighted by atomic mass is 9.95. The standard InChI is InChI=1S/C28H33N7O2/c1-19-17-22(37-16-8-15-29-27(36)20-9-4-2-5-10-20)13-14-23(19)33-28-34-25-24(30-18-31-25)26(35-28)32-21-11-6-3-7-12-21/h2,4-5,9-10,13-14,17-18,21H,3,6-8,11-12,15-16H2,1H3,(H,29,36)(H3,30,31,32,33,34,35). The molecule has 0 atom stereocenters. The number of aromatic amines is 1. The number of fused-ring (bicyclic) bond motifs is 1. The van der Waals surface area contributed by atoms with Gasteiger partial charge in [-0.05, 0) is 62.1 Å². The van der Waals surface area contributed by atoms with Crippen LogP contribution in [0.4, 0.5) is 17.5 Å². The number of carbonyl (C=O) groups excluding carboxylic acids is 1. The number of aryl methyl sites for hydroxylation is 1. The van der Waals surface area contributed by atoms with Gasteiger partial charge in [-0.3, -0.25) is 4.79 Å². The van der Waals surface area contributed by atoms with Crippen molar-refractivity contribution < 1.29 is 9.53 Å². The first kappa shape index (κ1) is 24.5. The van der Waals surface area contributed by atoms with Crippen molar-refractivity contribution in [1.29, 1.82) is 0 Å². The highest BCUT2D eigenvalue weighted by atomic mass is 16.5. The molecule has 9 nitrogen and oxygen atoms in total. The van der Waals surface area contributed by atoms with Gasteiger partial charge in [0, 0.05) is 23.8 Å². The number of H-pyrrole nitrogens is 1. The molecule has 1 aliphatic carbocycles. The van der Waals surface area contributed by atoms with Crippen LogP contribution < -0.4 is 20.7 Å². The number of imidazole rings is 1. The number of rotatable bonds is 10. The second-order valence-electron chi connectivity index (χ2n) is 9.40. The number of nitrogens with one attached hydrogen (secondary N) is 4. The van der Waals surface area contributed by atoms with E-state index in [0.29, 0.717) is 42.8 Å². The van der Waals surface area contributed by atoms with Crippen LogP contribution in [0.2, 0.25) is 0 Å². The topological polar surface area (TPSA) is 117 Å². The minimum absolute atomic E-state index is 0.0702. The van der Waals surface area contributed by atoms with E-state index in [2.05, 4.69) is 30.9 Å². The summed E-state index contributed by atoms with van der Waals surface area (Å²) < 4.78 is 5.90. The predicted molar refractivity (Wildman–Crippen MR) is 146 cm³/mol. The van der Waals surface area contributed by atoms with E-state index in [-0.39, 0.29) is 5.91 Å². The lowest BCUT2D eigenvalue weighted by Crippen LogP contribution is -2.25. The predicted octanol–water partition coefficient (Wildman–Crippen LogP) is 5.35. The number of anilines is 3. The lowest BCUT2D eigenvalue weighted by molar-refractivity contribution is 0.0951. The minimum Gasteiger partial charge on any atom is -0.494 e. The average molecular weight is 500 g/mol. The Bertz CT molecular complexity index is 1330. The molecule has 0 radical (unpaired) electrons. The molecule has 0 spiro atoms. The molecular formula is C28H33N7O2. The maximum absolute atomic E-state index is 12.1. The van der Waals surface area contributed by atoms with Gasteiger partial charge in [-0.1, -0.05) is 37.5 Å². The molecule has 0 unspecified atom stereocenters. The Kier molecular flexibility index (Phi) is 7.78. The zero-order valence-corrected chi connectivity index (χ0v) is 21.1. The highest BCUT2D eigenvalue weighted by molar-refractivity contribution is 5.94. The quantitative estimate of drug-likeness (QED) is 0.217. The van der Waals surface area contributed by atoms with E-state index in [0.717, 1.165) is 41.2 Å². The third-order valence-electron chi connectivity index (χ3n) is 6.59. The van der Waals surface area contributed by atoms with Gasteiger partial charge in [0.15, 0.2) is 11.5 Å².